The molecule has 1 amide bonds. The van der Waals surface area contributed by atoms with E-state index >= 15 is 0 Å². The second-order valence-corrected chi connectivity index (χ2v) is 8.53. The number of ether oxygens (including phenoxy) is 1. The summed E-state index contributed by atoms with van der Waals surface area (Å²) in [4.78, 5) is 17.1. The number of hydrazone groups is 1. The molecule has 0 spiro atoms. The standard InChI is InChI=1S/C25H23ClN4O2S/c1-2-32-23-10-6-3-7-19(23)15-27-29-24(31)17-33-25-28-21-8-4-5-9-22(21)30(25)16-18-11-13-20(26)14-12-18/h3-15H,2,16-17H2,1H3,(H,29,31)/b27-15-. The number of aromatic nitrogens is 2. The number of halogens is 1. The van der Waals surface area contributed by atoms with Gasteiger partial charge in [-0.3, -0.25) is 4.79 Å². The number of benzene rings is 3. The van der Waals surface area contributed by atoms with Gasteiger partial charge in [0.25, 0.3) is 5.91 Å². The number of nitrogens with one attached hydrogen (secondary N) is 1. The van der Waals surface area contributed by atoms with E-state index < -0.39 is 0 Å². The molecule has 168 valence electrons. The average molecular weight is 479 g/mol. The molecular formula is C25H23ClN4O2S. The van der Waals surface area contributed by atoms with Crippen LogP contribution in [0.2, 0.25) is 5.02 Å². The number of fused-ring (bicyclic) bond motifs is 1. The fraction of sp³-hybridized carbons (Fsp3) is 0.160. The predicted octanol–water partition coefficient (Wildman–Crippen LogP) is 5.38. The molecule has 0 aliphatic rings. The van der Waals surface area contributed by atoms with E-state index in [1.54, 1.807) is 6.21 Å². The molecular weight excluding hydrogens is 456 g/mol. The topological polar surface area (TPSA) is 68.5 Å². The number of carbonyl (C=O) groups is 1. The molecule has 0 fully saturated rings. The number of nitrogens with zero attached hydrogens (tertiary/aromatic N) is 3. The second kappa shape index (κ2) is 11.0. The van der Waals surface area contributed by atoms with Crippen molar-refractivity contribution < 1.29 is 9.53 Å². The highest BCUT2D eigenvalue weighted by molar-refractivity contribution is 7.99. The van der Waals surface area contributed by atoms with E-state index in [9.17, 15) is 4.79 Å². The first-order valence-corrected chi connectivity index (χ1v) is 11.9. The Balaban J connectivity index is 1.43. The maximum Gasteiger partial charge on any atom is 0.250 e. The molecule has 0 aliphatic heterocycles. The molecule has 8 heteroatoms. The molecule has 4 rings (SSSR count). The van der Waals surface area contributed by atoms with Crippen LogP contribution in [-0.2, 0) is 11.3 Å². The Morgan fingerprint density at radius 2 is 1.88 bits per heavy atom. The zero-order chi connectivity index (χ0) is 23.0. The summed E-state index contributed by atoms with van der Waals surface area (Å²) in [5.41, 5.74) is 6.39. The lowest BCUT2D eigenvalue weighted by Gasteiger charge is -2.09. The van der Waals surface area contributed by atoms with Crippen molar-refractivity contribution in [3.8, 4) is 5.75 Å². The van der Waals surface area contributed by atoms with Crippen LogP contribution in [0.5, 0.6) is 5.75 Å². The molecule has 1 heterocycles. The van der Waals surface area contributed by atoms with Gasteiger partial charge in [0.2, 0.25) is 0 Å². The molecule has 0 unspecified atom stereocenters. The van der Waals surface area contributed by atoms with Crippen LogP contribution in [0.1, 0.15) is 18.1 Å². The summed E-state index contributed by atoms with van der Waals surface area (Å²) in [7, 11) is 0. The van der Waals surface area contributed by atoms with E-state index in [4.69, 9.17) is 21.3 Å². The maximum absolute atomic E-state index is 12.4. The number of rotatable bonds is 9. The fourth-order valence-corrected chi connectivity index (χ4v) is 4.23. The van der Waals surface area contributed by atoms with E-state index in [-0.39, 0.29) is 11.7 Å². The molecule has 6 nitrogen and oxygen atoms in total. The summed E-state index contributed by atoms with van der Waals surface area (Å²) in [6.07, 6.45) is 1.59. The lowest BCUT2D eigenvalue weighted by molar-refractivity contribution is -0.118. The van der Waals surface area contributed by atoms with Crippen LogP contribution in [-0.4, -0.2) is 34.0 Å². The Morgan fingerprint density at radius 3 is 2.70 bits per heavy atom. The van der Waals surface area contributed by atoms with Crippen molar-refractivity contribution in [2.75, 3.05) is 12.4 Å². The van der Waals surface area contributed by atoms with Gasteiger partial charge < -0.3 is 9.30 Å². The van der Waals surface area contributed by atoms with Crippen molar-refractivity contribution >= 4 is 46.5 Å². The number of imidazole rings is 1. The van der Waals surface area contributed by atoms with Gasteiger partial charge in [-0.25, -0.2) is 10.4 Å². The molecule has 33 heavy (non-hydrogen) atoms. The first kappa shape index (κ1) is 22.9. The van der Waals surface area contributed by atoms with Crippen LogP contribution in [0.25, 0.3) is 11.0 Å². The summed E-state index contributed by atoms with van der Waals surface area (Å²) in [5, 5.41) is 5.55. The molecule has 0 saturated carbocycles. The maximum atomic E-state index is 12.4. The lowest BCUT2D eigenvalue weighted by atomic mass is 10.2. The van der Waals surface area contributed by atoms with E-state index in [0.717, 1.165) is 33.1 Å². The van der Waals surface area contributed by atoms with Gasteiger partial charge in [-0.2, -0.15) is 5.10 Å². The number of para-hydroxylation sites is 3. The van der Waals surface area contributed by atoms with Gasteiger partial charge in [0.15, 0.2) is 5.16 Å². The molecule has 0 saturated heterocycles. The summed E-state index contributed by atoms with van der Waals surface area (Å²) in [6.45, 7) is 3.12. The second-order valence-electron chi connectivity index (χ2n) is 7.15. The molecule has 1 N–H and O–H groups in total. The number of amides is 1. The van der Waals surface area contributed by atoms with Crippen LogP contribution >= 0.6 is 23.4 Å². The van der Waals surface area contributed by atoms with Crippen LogP contribution < -0.4 is 10.2 Å². The molecule has 1 aromatic heterocycles. The Hall–Kier alpha value is -3.29. The first-order chi connectivity index (χ1) is 16.1. The summed E-state index contributed by atoms with van der Waals surface area (Å²) < 4.78 is 7.68. The first-order valence-electron chi connectivity index (χ1n) is 10.5. The average Bonchev–Trinajstić information content (AvgIpc) is 3.18. The van der Waals surface area contributed by atoms with Crippen molar-refractivity contribution in [3.63, 3.8) is 0 Å². The third kappa shape index (κ3) is 5.94. The lowest BCUT2D eigenvalue weighted by Crippen LogP contribution is -2.20. The molecule has 4 aromatic rings. The SMILES string of the molecule is CCOc1ccccc1/C=N\NC(=O)CSc1nc2ccccc2n1Cc1ccc(Cl)cc1. The number of hydrogen-bond acceptors (Lipinski definition) is 5. The predicted molar refractivity (Wildman–Crippen MR) is 134 cm³/mol. The molecule has 0 radical (unpaired) electrons. The van der Waals surface area contributed by atoms with E-state index in [1.807, 2.05) is 79.7 Å². The molecule has 0 bridgehead atoms. The third-order valence-corrected chi connectivity index (χ3v) is 6.05. The quantitative estimate of drug-likeness (QED) is 0.199. The van der Waals surface area contributed by atoms with Crippen LogP contribution in [0.3, 0.4) is 0 Å². The third-order valence-electron chi connectivity index (χ3n) is 4.82. The summed E-state index contributed by atoms with van der Waals surface area (Å²) in [6, 6.07) is 23.2. The zero-order valence-electron chi connectivity index (χ0n) is 18.1. The van der Waals surface area contributed by atoms with Crippen molar-refractivity contribution in [2.45, 2.75) is 18.6 Å². The van der Waals surface area contributed by atoms with Crippen molar-refractivity contribution in [1.29, 1.82) is 0 Å². The van der Waals surface area contributed by atoms with E-state index in [0.29, 0.717) is 18.2 Å². The van der Waals surface area contributed by atoms with Gasteiger partial charge in [-0.1, -0.05) is 59.8 Å². The number of carbonyl (C=O) groups excluding carboxylic acids is 1. The highest BCUT2D eigenvalue weighted by Gasteiger charge is 2.13. The normalized spacial score (nSPS) is 11.2. The highest BCUT2D eigenvalue weighted by atomic mass is 35.5. The van der Waals surface area contributed by atoms with Crippen LogP contribution in [0.4, 0.5) is 0 Å². The minimum Gasteiger partial charge on any atom is -0.493 e. The fourth-order valence-electron chi connectivity index (χ4n) is 3.30. The monoisotopic (exact) mass is 478 g/mol. The smallest absolute Gasteiger partial charge is 0.250 e. The van der Waals surface area contributed by atoms with Crippen molar-refractivity contribution in [3.05, 3.63) is 88.9 Å². The van der Waals surface area contributed by atoms with Gasteiger partial charge in [0.1, 0.15) is 5.75 Å². The summed E-state index contributed by atoms with van der Waals surface area (Å²) in [5.74, 6) is 0.701. The summed E-state index contributed by atoms with van der Waals surface area (Å²) >= 11 is 7.40. The van der Waals surface area contributed by atoms with Gasteiger partial charge in [-0.15, -0.1) is 0 Å². The molecule has 0 aliphatic carbocycles. The van der Waals surface area contributed by atoms with E-state index in [2.05, 4.69) is 15.1 Å². The van der Waals surface area contributed by atoms with Gasteiger partial charge in [-0.05, 0) is 48.9 Å². The Bertz CT molecular complexity index is 1270. The molecule has 0 atom stereocenters. The zero-order valence-corrected chi connectivity index (χ0v) is 19.6. The van der Waals surface area contributed by atoms with E-state index in [1.165, 1.54) is 11.8 Å². The number of hydrogen-bond donors (Lipinski definition) is 1. The van der Waals surface area contributed by atoms with Crippen LogP contribution in [0.15, 0.2) is 83.1 Å². The number of thioether (sulfide) groups is 1. The molecule has 3 aromatic carbocycles. The highest BCUT2D eigenvalue weighted by Crippen LogP contribution is 2.25. The largest absolute Gasteiger partial charge is 0.493 e. The van der Waals surface area contributed by atoms with Gasteiger partial charge >= 0.3 is 0 Å². The van der Waals surface area contributed by atoms with Crippen molar-refractivity contribution in [2.24, 2.45) is 5.10 Å². The Kier molecular flexibility index (Phi) is 7.65. The van der Waals surface area contributed by atoms with Crippen LogP contribution in [0, 0.1) is 0 Å². The van der Waals surface area contributed by atoms with Gasteiger partial charge in [0, 0.05) is 10.6 Å². The van der Waals surface area contributed by atoms with Crippen molar-refractivity contribution in [1.82, 2.24) is 15.0 Å². The minimum atomic E-state index is -0.213. The minimum absolute atomic E-state index is 0.189. The van der Waals surface area contributed by atoms with Gasteiger partial charge in [0.05, 0.1) is 36.2 Å². The Morgan fingerprint density at radius 1 is 1.12 bits per heavy atom. The Labute approximate surface area is 201 Å².